The van der Waals surface area contributed by atoms with Crippen molar-refractivity contribution in [1.82, 2.24) is 9.55 Å². The van der Waals surface area contributed by atoms with Crippen LogP contribution in [0.1, 0.15) is 57.1 Å². The lowest BCUT2D eigenvalue weighted by Crippen LogP contribution is -2.21. The minimum absolute atomic E-state index is 0.104. The van der Waals surface area contributed by atoms with Crippen molar-refractivity contribution in [1.29, 1.82) is 0 Å². The molecule has 2 heterocycles. The number of rotatable bonds is 4. The number of hydrogen-bond acceptors (Lipinski definition) is 3. The molecule has 0 saturated heterocycles. The Balaban J connectivity index is 0.00000102. The third kappa shape index (κ3) is 5.28. The van der Waals surface area contributed by atoms with Crippen LogP contribution in [-0.4, -0.2) is 15.8 Å². The Bertz CT molecular complexity index is 601. The summed E-state index contributed by atoms with van der Waals surface area (Å²) < 4.78 is 1.58. The Kier molecular flexibility index (Phi) is 10.3. The van der Waals surface area contributed by atoms with Crippen LogP contribution in [0, 0.1) is 0 Å². The summed E-state index contributed by atoms with van der Waals surface area (Å²) in [4.78, 5) is 26.7. The van der Waals surface area contributed by atoms with E-state index >= 15 is 0 Å². The van der Waals surface area contributed by atoms with E-state index in [2.05, 4.69) is 11.9 Å². The molecule has 0 bridgehead atoms. The average Bonchev–Trinajstić information content (AvgIpc) is 2.59. The molecule has 0 saturated carbocycles. The minimum Gasteiger partial charge on any atom is -0.298 e. The quantitative estimate of drug-likeness (QED) is 0.801. The molecule has 2 aromatic heterocycles. The molecular formula is C18H26N2O2. The van der Waals surface area contributed by atoms with Gasteiger partial charge in [-0.1, -0.05) is 47.1 Å². The molecule has 0 amide bonds. The number of pyridine rings is 2. The molecule has 2 rings (SSSR count). The van der Waals surface area contributed by atoms with E-state index in [4.69, 9.17) is 0 Å². The summed E-state index contributed by atoms with van der Waals surface area (Å²) in [7, 11) is 0. The zero-order valence-electron chi connectivity index (χ0n) is 14.2. The maximum Gasteiger partial charge on any atom is 0.256 e. The molecule has 0 atom stereocenters. The summed E-state index contributed by atoms with van der Waals surface area (Å²) in [5, 5.41) is 0. The van der Waals surface area contributed by atoms with E-state index in [0.29, 0.717) is 11.4 Å². The molecule has 0 aliphatic heterocycles. The lowest BCUT2D eigenvalue weighted by Gasteiger charge is -2.10. The number of nitrogens with zero attached hydrogens (tertiary/aromatic N) is 2. The third-order valence-electron chi connectivity index (χ3n) is 2.68. The number of aromatic nitrogens is 2. The van der Waals surface area contributed by atoms with E-state index in [1.165, 1.54) is 12.3 Å². The van der Waals surface area contributed by atoms with Crippen molar-refractivity contribution in [2.45, 2.75) is 47.5 Å². The first-order valence-electron chi connectivity index (χ1n) is 7.89. The van der Waals surface area contributed by atoms with Crippen molar-refractivity contribution in [2.75, 3.05) is 0 Å². The third-order valence-corrected chi connectivity index (χ3v) is 2.68. The fourth-order valence-electron chi connectivity index (χ4n) is 1.84. The topological polar surface area (TPSA) is 52.0 Å². The fourth-order valence-corrected chi connectivity index (χ4v) is 1.84. The standard InChI is InChI=1S/C14H14N2O2.2C2H6/c1-2-4-12-5-3-6-14(18)16(12)13-8-7-11(10-17)9-15-13;2*1-2/h3,5-10H,2,4H2,1H3;2*1-2H3. The van der Waals surface area contributed by atoms with Crippen LogP contribution in [0.5, 0.6) is 0 Å². The monoisotopic (exact) mass is 302 g/mol. The fraction of sp³-hybridized carbons (Fsp3) is 0.389. The molecule has 4 nitrogen and oxygen atoms in total. The van der Waals surface area contributed by atoms with Crippen molar-refractivity contribution < 1.29 is 4.79 Å². The summed E-state index contributed by atoms with van der Waals surface area (Å²) in [6, 6.07) is 8.52. The summed E-state index contributed by atoms with van der Waals surface area (Å²) >= 11 is 0. The second-order valence-electron chi connectivity index (χ2n) is 4.01. The molecule has 22 heavy (non-hydrogen) atoms. The summed E-state index contributed by atoms with van der Waals surface area (Å²) in [5.41, 5.74) is 1.32. The highest BCUT2D eigenvalue weighted by Gasteiger charge is 2.06. The number of aryl methyl sites for hydroxylation is 1. The van der Waals surface area contributed by atoms with Crippen molar-refractivity contribution in [3.63, 3.8) is 0 Å². The van der Waals surface area contributed by atoms with Gasteiger partial charge in [0.2, 0.25) is 0 Å². The predicted octanol–water partition coefficient (Wildman–Crippen LogP) is 4.05. The van der Waals surface area contributed by atoms with Crippen LogP contribution in [0.25, 0.3) is 5.82 Å². The van der Waals surface area contributed by atoms with E-state index < -0.39 is 0 Å². The lowest BCUT2D eigenvalue weighted by molar-refractivity contribution is 0.112. The van der Waals surface area contributed by atoms with Gasteiger partial charge in [0.1, 0.15) is 5.82 Å². The van der Waals surface area contributed by atoms with Crippen molar-refractivity contribution in [3.8, 4) is 5.82 Å². The molecule has 0 N–H and O–H groups in total. The van der Waals surface area contributed by atoms with Gasteiger partial charge in [0.15, 0.2) is 6.29 Å². The number of carbonyl (C=O) groups is 1. The van der Waals surface area contributed by atoms with E-state index in [1.54, 1.807) is 22.8 Å². The van der Waals surface area contributed by atoms with Crippen LogP contribution in [-0.2, 0) is 6.42 Å². The van der Waals surface area contributed by atoms with Crippen LogP contribution >= 0.6 is 0 Å². The van der Waals surface area contributed by atoms with Crippen LogP contribution in [0.4, 0.5) is 0 Å². The Labute approximate surface area is 132 Å². The summed E-state index contributed by atoms with van der Waals surface area (Å²) in [6.45, 7) is 10.1. The largest absolute Gasteiger partial charge is 0.298 e. The zero-order chi connectivity index (χ0) is 17.0. The van der Waals surface area contributed by atoms with Crippen molar-refractivity contribution in [3.05, 3.63) is 58.1 Å². The average molecular weight is 302 g/mol. The highest BCUT2D eigenvalue weighted by molar-refractivity contribution is 5.74. The van der Waals surface area contributed by atoms with E-state index in [0.717, 1.165) is 24.8 Å². The van der Waals surface area contributed by atoms with Gasteiger partial charge >= 0.3 is 0 Å². The van der Waals surface area contributed by atoms with Gasteiger partial charge in [-0.05, 0) is 24.6 Å². The van der Waals surface area contributed by atoms with Crippen LogP contribution in [0.15, 0.2) is 41.3 Å². The first-order chi connectivity index (χ1) is 10.8. The lowest BCUT2D eigenvalue weighted by atomic mass is 10.2. The molecule has 2 aromatic rings. The van der Waals surface area contributed by atoms with Gasteiger partial charge in [0, 0.05) is 23.5 Å². The normalized spacial score (nSPS) is 8.95. The Hall–Kier alpha value is -2.23. The first kappa shape index (κ1) is 19.8. The maximum atomic E-state index is 11.9. The molecule has 0 fully saturated rings. The van der Waals surface area contributed by atoms with E-state index in [9.17, 15) is 9.59 Å². The smallest absolute Gasteiger partial charge is 0.256 e. The highest BCUT2D eigenvalue weighted by atomic mass is 16.1. The van der Waals surface area contributed by atoms with Gasteiger partial charge in [0.25, 0.3) is 5.56 Å². The van der Waals surface area contributed by atoms with Gasteiger partial charge in [-0.2, -0.15) is 0 Å². The molecule has 120 valence electrons. The van der Waals surface area contributed by atoms with Gasteiger partial charge in [-0.3, -0.25) is 14.2 Å². The summed E-state index contributed by atoms with van der Waals surface area (Å²) in [5.74, 6) is 0.551. The SMILES string of the molecule is CC.CC.CCCc1cccc(=O)n1-c1ccc(C=O)cn1. The van der Waals surface area contributed by atoms with Crippen molar-refractivity contribution >= 4 is 6.29 Å². The molecule has 0 unspecified atom stereocenters. The minimum atomic E-state index is -0.104. The van der Waals surface area contributed by atoms with Gasteiger partial charge < -0.3 is 0 Å². The van der Waals surface area contributed by atoms with E-state index in [1.807, 2.05) is 33.8 Å². The Morgan fingerprint density at radius 2 is 1.77 bits per heavy atom. The second kappa shape index (κ2) is 11.4. The molecule has 0 aliphatic rings. The first-order valence-corrected chi connectivity index (χ1v) is 7.89. The molecular weight excluding hydrogens is 276 g/mol. The zero-order valence-corrected chi connectivity index (χ0v) is 14.2. The number of hydrogen-bond donors (Lipinski definition) is 0. The van der Waals surface area contributed by atoms with Crippen LogP contribution in [0.3, 0.4) is 0 Å². The Morgan fingerprint density at radius 1 is 1.09 bits per heavy atom. The number of carbonyl (C=O) groups excluding carboxylic acids is 1. The Morgan fingerprint density at radius 3 is 2.27 bits per heavy atom. The maximum absolute atomic E-state index is 11.9. The number of aldehydes is 1. The second-order valence-corrected chi connectivity index (χ2v) is 4.01. The highest BCUT2D eigenvalue weighted by Crippen LogP contribution is 2.08. The van der Waals surface area contributed by atoms with Crippen molar-refractivity contribution in [2.24, 2.45) is 0 Å². The van der Waals surface area contributed by atoms with Gasteiger partial charge in [0.05, 0.1) is 0 Å². The van der Waals surface area contributed by atoms with Crippen LogP contribution < -0.4 is 5.56 Å². The molecule has 0 aliphatic carbocycles. The van der Waals surface area contributed by atoms with Gasteiger partial charge in [-0.15, -0.1) is 0 Å². The molecule has 0 radical (unpaired) electrons. The van der Waals surface area contributed by atoms with E-state index in [-0.39, 0.29) is 5.56 Å². The molecule has 4 heteroatoms. The molecule has 0 aromatic carbocycles. The molecule has 0 spiro atoms. The predicted molar refractivity (Wildman–Crippen MR) is 91.9 cm³/mol. The van der Waals surface area contributed by atoms with Crippen LogP contribution in [0.2, 0.25) is 0 Å². The summed E-state index contributed by atoms with van der Waals surface area (Å²) in [6.07, 6.45) is 3.97. The van der Waals surface area contributed by atoms with Gasteiger partial charge in [-0.25, -0.2) is 4.98 Å².